The van der Waals surface area contributed by atoms with Crippen LogP contribution in [0.4, 0.5) is 0 Å². The fourth-order valence-corrected chi connectivity index (χ4v) is 3.76. The maximum atomic E-state index is 11.3. The Balaban J connectivity index is 2.03. The molecule has 0 heterocycles. The predicted octanol–water partition coefficient (Wildman–Crippen LogP) is 2.27. The van der Waals surface area contributed by atoms with Crippen molar-refractivity contribution >= 4 is 10.0 Å². The Bertz CT molecular complexity index is 620. The zero-order valence-corrected chi connectivity index (χ0v) is 15.0. The lowest BCUT2D eigenvalue weighted by atomic mass is 9.79. The molecule has 1 unspecified atom stereocenters. The highest BCUT2D eigenvalue weighted by Crippen LogP contribution is 2.33. The second kappa shape index (κ2) is 6.89. The van der Waals surface area contributed by atoms with Crippen molar-refractivity contribution in [3.8, 4) is 0 Å². The van der Waals surface area contributed by atoms with E-state index in [0.29, 0.717) is 12.5 Å². The van der Waals surface area contributed by atoms with Crippen LogP contribution in [-0.4, -0.2) is 37.6 Å². The lowest BCUT2D eigenvalue weighted by Gasteiger charge is -2.39. The SMILES string of the molecule is CC1CCC(O)(CN(C)C(C)c2ccc(S(N)(=O)=O)cc2)CC1. The number of hydrogen-bond donors (Lipinski definition) is 2. The number of nitrogens with zero attached hydrogens (tertiary/aromatic N) is 1. The summed E-state index contributed by atoms with van der Waals surface area (Å²) in [5.41, 5.74) is 0.392. The molecule has 130 valence electrons. The topological polar surface area (TPSA) is 83.6 Å². The van der Waals surface area contributed by atoms with Crippen LogP contribution in [0.1, 0.15) is 51.1 Å². The monoisotopic (exact) mass is 340 g/mol. The van der Waals surface area contributed by atoms with E-state index >= 15 is 0 Å². The highest BCUT2D eigenvalue weighted by atomic mass is 32.2. The minimum atomic E-state index is -3.66. The van der Waals surface area contributed by atoms with Gasteiger partial charge in [-0.2, -0.15) is 0 Å². The number of hydrogen-bond acceptors (Lipinski definition) is 4. The van der Waals surface area contributed by atoms with Gasteiger partial charge in [-0.3, -0.25) is 4.90 Å². The highest BCUT2D eigenvalue weighted by molar-refractivity contribution is 7.89. The first-order valence-corrected chi connectivity index (χ1v) is 9.71. The molecule has 2 rings (SSSR count). The van der Waals surface area contributed by atoms with E-state index in [1.807, 2.05) is 7.05 Å². The van der Waals surface area contributed by atoms with Crippen LogP contribution in [0.15, 0.2) is 29.2 Å². The van der Waals surface area contributed by atoms with Crippen LogP contribution in [0.25, 0.3) is 0 Å². The summed E-state index contributed by atoms with van der Waals surface area (Å²) in [5, 5.41) is 15.9. The molecular weight excluding hydrogens is 312 g/mol. The minimum Gasteiger partial charge on any atom is -0.389 e. The Morgan fingerprint density at radius 2 is 1.83 bits per heavy atom. The minimum absolute atomic E-state index is 0.0907. The van der Waals surface area contributed by atoms with E-state index in [4.69, 9.17) is 5.14 Å². The molecule has 5 nitrogen and oxygen atoms in total. The largest absolute Gasteiger partial charge is 0.389 e. The molecular formula is C17H28N2O3S. The molecule has 23 heavy (non-hydrogen) atoms. The number of primary sulfonamides is 1. The summed E-state index contributed by atoms with van der Waals surface area (Å²) >= 11 is 0. The van der Waals surface area contributed by atoms with Crippen LogP contribution in [0.3, 0.4) is 0 Å². The molecule has 3 N–H and O–H groups in total. The second-order valence-electron chi connectivity index (χ2n) is 7.11. The zero-order valence-electron chi connectivity index (χ0n) is 14.2. The van der Waals surface area contributed by atoms with Gasteiger partial charge in [0.05, 0.1) is 10.5 Å². The third-order valence-corrected chi connectivity index (χ3v) is 6.03. The molecule has 0 aromatic heterocycles. The molecule has 1 aliphatic rings. The van der Waals surface area contributed by atoms with E-state index in [1.54, 1.807) is 12.1 Å². The summed E-state index contributed by atoms with van der Waals surface area (Å²) in [6, 6.07) is 6.73. The van der Waals surface area contributed by atoms with Gasteiger partial charge in [0, 0.05) is 12.6 Å². The van der Waals surface area contributed by atoms with E-state index in [2.05, 4.69) is 18.7 Å². The molecule has 0 radical (unpaired) electrons. The lowest BCUT2D eigenvalue weighted by molar-refractivity contribution is -0.0367. The smallest absolute Gasteiger partial charge is 0.238 e. The van der Waals surface area contributed by atoms with Crippen molar-refractivity contribution in [3.63, 3.8) is 0 Å². The summed E-state index contributed by atoms with van der Waals surface area (Å²) in [4.78, 5) is 2.25. The van der Waals surface area contributed by atoms with Gasteiger partial charge >= 0.3 is 0 Å². The molecule has 1 aromatic carbocycles. The first-order chi connectivity index (χ1) is 10.6. The summed E-state index contributed by atoms with van der Waals surface area (Å²) in [7, 11) is -1.66. The van der Waals surface area contributed by atoms with Crippen molar-refractivity contribution in [1.82, 2.24) is 4.90 Å². The Hall–Kier alpha value is -0.950. The van der Waals surface area contributed by atoms with Crippen LogP contribution in [0.2, 0.25) is 0 Å². The highest BCUT2D eigenvalue weighted by Gasteiger charge is 2.33. The standard InChI is InChI=1S/C17H28N2O3S/c1-13-8-10-17(20,11-9-13)12-19(3)14(2)15-4-6-16(7-5-15)23(18,21)22/h4-7,13-14,20H,8-12H2,1-3H3,(H2,18,21,22). The molecule has 6 heteroatoms. The number of likely N-dealkylation sites (N-methyl/N-ethyl adjacent to an activating group) is 1. The first-order valence-electron chi connectivity index (χ1n) is 8.16. The van der Waals surface area contributed by atoms with E-state index in [0.717, 1.165) is 31.2 Å². The normalized spacial score (nSPS) is 27.1. The van der Waals surface area contributed by atoms with E-state index in [9.17, 15) is 13.5 Å². The number of sulfonamides is 1. The fourth-order valence-electron chi connectivity index (χ4n) is 3.25. The van der Waals surface area contributed by atoms with Crippen molar-refractivity contribution in [1.29, 1.82) is 0 Å². The third-order valence-electron chi connectivity index (χ3n) is 5.10. The Kier molecular flexibility index (Phi) is 5.51. The molecule has 1 fully saturated rings. The van der Waals surface area contributed by atoms with Crippen LogP contribution >= 0.6 is 0 Å². The van der Waals surface area contributed by atoms with Crippen molar-refractivity contribution in [3.05, 3.63) is 29.8 Å². The molecule has 0 saturated heterocycles. The summed E-state index contributed by atoms with van der Waals surface area (Å²) in [6.45, 7) is 4.91. The summed E-state index contributed by atoms with van der Waals surface area (Å²) in [5.74, 6) is 0.698. The van der Waals surface area contributed by atoms with E-state index < -0.39 is 15.6 Å². The average Bonchev–Trinajstić information content (AvgIpc) is 2.49. The van der Waals surface area contributed by atoms with Gasteiger partial charge in [-0.1, -0.05) is 19.1 Å². The van der Waals surface area contributed by atoms with Gasteiger partial charge < -0.3 is 5.11 Å². The number of benzene rings is 1. The van der Waals surface area contributed by atoms with Gasteiger partial charge in [0.15, 0.2) is 0 Å². The van der Waals surface area contributed by atoms with Gasteiger partial charge in [0.1, 0.15) is 0 Å². The maximum absolute atomic E-state index is 11.3. The van der Waals surface area contributed by atoms with Crippen molar-refractivity contribution in [2.45, 2.75) is 56.1 Å². The quantitative estimate of drug-likeness (QED) is 0.861. The van der Waals surface area contributed by atoms with Crippen molar-refractivity contribution < 1.29 is 13.5 Å². The van der Waals surface area contributed by atoms with Gasteiger partial charge in [0.25, 0.3) is 0 Å². The molecule has 0 amide bonds. The van der Waals surface area contributed by atoms with Crippen molar-refractivity contribution in [2.75, 3.05) is 13.6 Å². The number of aliphatic hydroxyl groups is 1. The van der Waals surface area contributed by atoms with Gasteiger partial charge in [0.2, 0.25) is 10.0 Å². The van der Waals surface area contributed by atoms with Gasteiger partial charge in [-0.05, 0) is 63.3 Å². The Labute approximate surface area is 139 Å². The first kappa shape index (κ1) is 18.4. The summed E-state index contributed by atoms with van der Waals surface area (Å²) in [6.07, 6.45) is 3.83. The van der Waals surface area contributed by atoms with E-state index in [1.165, 1.54) is 12.1 Å². The number of nitrogens with two attached hydrogens (primary N) is 1. The van der Waals surface area contributed by atoms with Gasteiger partial charge in [-0.25, -0.2) is 13.6 Å². The average molecular weight is 340 g/mol. The van der Waals surface area contributed by atoms with E-state index in [-0.39, 0.29) is 10.9 Å². The molecule has 1 aliphatic carbocycles. The fraction of sp³-hybridized carbons (Fsp3) is 0.647. The molecule has 1 saturated carbocycles. The Morgan fingerprint density at radius 1 is 1.30 bits per heavy atom. The molecule has 0 bridgehead atoms. The predicted molar refractivity (Wildman–Crippen MR) is 91.4 cm³/mol. The molecule has 0 spiro atoms. The molecule has 1 aromatic rings. The van der Waals surface area contributed by atoms with Crippen molar-refractivity contribution in [2.24, 2.45) is 11.1 Å². The second-order valence-corrected chi connectivity index (χ2v) is 8.67. The zero-order chi connectivity index (χ0) is 17.3. The Morgan fingerprint density at radius 3 is 2.30 bits per heavy atom. The molecule has 0 aliphatic heterocycles. The lowest BCUT2D eigenvalue weighted by Crippen LogP contribution is -2.44. The number of rotatable bonds is 5. The maximum Gasteiger partial charge on any atom is 0.238 e. The van der Waals surface area contributed by atoms with Crippen LogP contribution in [-0.2, 0) is 10.0 Å². The van der Waals surface area contributed by atoms with Crippen LogP contribution in [0, 0.1) is 5.92 Å². The van der Waals surface area contributed by atoms with Gasteiger partial charge in [-0.15, -0.1) is 0 Å². The molecule has 1 atom stereocenters. The van der Waals surface area contributed by atoms with Crippen LogP contribution < -0.4 is 5.14 Å². The third kappa shape index (κ3) is 4.76. The van der Waals surface area contributed by atoms with Crippen LogP contribution in [0.5, 0.6) is 0 Å². The summed E-state index contributed by atoms with van der Waals surface area (Å²) < 4.78 is 22.6.